The summed E-state index contributed by atoms with van der Waals surface area (Å²) in [5, 5.41) is 3.14. The Kier molecular flexibility index (Phi) is 4.49. The minimum absolute atomic E-state index is 0.00556. The molecule has 2 amide bonds. The smallest absolute Gasteiger partial charge is 0.289 e. The molecule has 1 spiro atoms. The van der Waals surface area contributed by atoms with Gasteiger partial charge in [-0.05, 0) is 67.6 Å². The second kappa shape index (κ2) is 7.05. The highest BCUT2D eigenvalue weighted by molar-refractivity contribution is 5.93. The summed E-state index contributed by atoms with van der Waals surface area (Å²) in [6.07, 6.45) is 7.28. The van der Waals surface area contributed by atoms with Gasteiger partial charge in [-0.15, -0.1) is 0 Å². The fourth-order valence-electron chi connectivity index (χ4n) is 5.29. The Morgan fingerprint density at radius 3 is 2.62 bits per heavy atom. The molecule has 5 heteroatoms. The Balaban J connectivity index is 1.31. The number of likely N-dealkylation sites (tertiary alicyclic amines) is 1. The summed E-state index contributed by atoms with van der Waals surface area (Å²) in [7, 11) is 0. The van der Waals surface area contributed by atoms with Crippen LogP contribution in [0, 0.1) is 6.92 Å². The number of amides is 2. The summed E-state index contributed by atoms with van der Waals surface area (Å²) in [5.74, 6) is 0.918. The van der Waals surface area contributed by atoms with Crippen molar-refractivity contribution < 1.29 is 14.0 Å². The standard InChI is InChI=1S/C24H28N2O3/c1-16-8-13-29-22(16)23(28)26-11-9-24(10-12-26)15-17(14-21(27)25-18-6-7-18)19-4-2-3-5-20(19)24/h2-5,8,13,17-18H,6-7,9-12,14-15H2,1H3,(H,25,27)/t17-/m0/s1. The van der Waals surface area contributed by atoms with Crippen LogP contribution in [-0.4, -0.2) is 35.8 Å². The first-order valence-corrected chi connectivity index (χ1v) is 10.8. The van der Waals surface area contributed by atoms with Crippen LogP contribution in [-0.2, 0) is 10.2 Å². The molecule has 5 nitrogen and oxygen atoms in total. The summed E-state index contributed by atoms with van der Waals surface area (Å²) < 4.78 is 5.41. The monoisotopic (exact) mass is 392 g/mol. The van der Waals surface area contributed by atoms with Gasteiger partial charge in [0.15, 0.2) is 5.76 Å². The highest BCUT2D eigenvalue weighted by atomic mass is 16.3. The summed E-state index contributed by atoms with van der Waals surface area (Å²) in [6.45, 7) is 3.37. The first-order chi connectivity index (χ1) is 14.1. The van der Waals surface area contributed by atoms with E-state index in [4.69, 9.17) is 4.42 Å². The van der Waals surface area contributed by atoms with Gasteiger partial charge in [0.25, 0.3) is 5.91 Å². The SMILES string of the molecule is Cc1ccoc1C(=O)N1CCC2(CC1)C[C@H](CC(=O)NC1CC1)c1ccccc12. The average molecular weight is 392 g/mol. The number of furan rings is 1. The van der Waals surface area contributed by atoms with Gasteiger partial charge in [0.1, 0.15) is 0 Å². The number of rotatable bonds is 4. The van der Waals surface area contributed by atoms with Crippen LogP contribution in [0.5, 0.6) is 0 Å². The number of carbonyl (C=O) groups excluding carboxylic acids is 2. The van der Waals surface area contributed by atoms with E-state index in [0.717, 1.165) is 50.8 Å². The predicted octanol–water partition coefficient (Wildman–Crippen LogP) is 3.92. The molecule has 0 unspecified atom stereocenters. The molecule has 2 heterocycles. The van der Waals surface area contributed by atoms with Crippen molar-refractivity contribution in [3.63, 3.8) is 0 Å². The van der Waals surface area contributed by atoms with Gasteiger partial charge in [0, 0.05) is 31.1 Å². The quantitative estimate of drug-likeness (QED) is 0.858. The van der Waals surface area contributed by atoms with Gasteiger partial charge in [-0.3, -0.25) is 9.59 Å². The lowest BCUT2D eigenvalue weighted by Gasteiger charge is -2.40. The maximum atomic E-state index is 12.8. The largest absolute Gasteiger partial charge is 0.459 e. The van der Waals surface area contributed by atoms with Crippen LogP contribution in [0.4, 0.5) is 0 Å². The van der Waals surface area contributed by atoms with Crippen LogP contribution >= 0.6 is 0 Å². The Morgan fingerprint density at radius 1 is 1.17 bits per heavy atom. The van der Waals surface area contributed by atoms with Crippen molar-refractivity contribution in [2.24, 2.45) is 0 Å². The van der Waals surface area contributed by atoms with Crippen LogP contribution in [0.2, 0.25) is 0 Å². The Labute approximate surface area is 171 Å². The number of benzene rings is 1. The van der Waals surface area contributed by atoms with E-state index in [9.17, 15) is 9.59 Å². The van der Waals surface area contributed by atoms with Gasteiger partial charge in [-0.1, -0.05) is 24.3 Å². The molecular weight excluding hydrogens is 364 g/mol. The lowest BCUT2D eigenvalue weighted by molar-refractivity contribution is -0.121. The highest BCUT2D eigenvalue weighted by Crippen LogP contribution is 2.52. The number of fused-ring (bicyclic) bond motifs is 2. The van der Waals surface area contributed by atoms with E-state index in [2.05, 4.69) is 29.6 Å². The molecule has 2 aliphatic carbocycles. The van der Waals surface area contributed by atoms with Crippen LogP contribution < -0.4 is 5.32 Å². The molecule has 0 bridgehead atoms. The predicted molar refractivity (Wildman–Crippen MR) is 110 cm³/mol. The van der Waals surface area contributed by atoms with Crippen LogP contribution in [0.15, 0.2) is 41.0 Å². The minimum Gasteiger partial charge on any atom is -0.459 e. The highest BCUT2D eigenvalue weighted by Gasteiger charge is 2.46. The number of nitrogens with one attached hydrogen (secondary N) is 1. The maximum Gasteiger partial charge on any atom is 0.289 e. The van der Waals surface area contributed by atoms with Gasteiger partial charge in [0.2, 0.25) is 5.91 Å². The molecule has 1 saturated heterocycles. The van der Waals surface area contributed by atoms with Crippen molar-refractivity contribution in [1.82, 2.24) is 10.2 Å². The zero-order chi connectivity index (χ0) is 20.0. The summed E-state index contributed by atoms with van der Waals surface area (Å²) in [5.41, 5.74) is 3.70. The molecule has 2 aromatic rings. The summed E-state index contributed by atoms with van der Waals surface area (Å²) >= 11 is 0. The first-order valence-electron chi connectivity index (χ1n) is 10.8. The van der Waals surface area contributed by atoms with E-state index in [-0.39, 0.29) is 23.1 Å². The lowest BCUT2D eigenvalue weighted by Crippen LogP contribution is -2.44. The second-order valence-electron chi connectivity index (χ2n) is 9.04. The third-order valence-electron chi connectivity index (χ3n) is 7.05. The van der Waals surface area contributed by atoms with E-state index in [1.807, 2.05) is 17.9 Å². The molecule has 1 aliphatic heterocycles. The van der Waals surface area contributed by atoms with Gasteiger partial charge in [-0.2, -0.15) is 0 Å². The van der Waals surface area contributed by atoms with E-state index < -0.39 is 0 Å². The molecule has 1 saturated carbocycles. The van der Waals surface area contributed by atoms with E-state index in [1.165, 1.54) is 11.1 Å². The van der Waals surface area contributed by atoms with Crippen molar-refractivity contribution in [3.05, 3.63) is 59.0 Å². The van der Waals surface area contributed by atoms with Gasteiger partial charge >= 0.3 is 0 Å². The Morgan fingerprint density at radius 2 is 1.93 bits per heavy atom. The number of carbonyl (C=O) groups is 2. The fourth-order valence-corrected chi connectivity index (χ4v) is 5.29. The minimum atomic E-state index is -0.00556. The van der Waals surface area contributed by atoms with Crippen molar-refractivity contribution in [3.8, 4) is 0 Å². The Hall–Kier alpha value is -2.56. The molecule has 3 aliphatic rings. The van der Waals surface area contributed by atoms with Crippen LogP contribution in [0.25, 0.3) is 0 Å². The third-order valence-corrected chi connectivity index (χ3v) is 7.05. The molecular formula is C24H28N2O3. The zero-order valence-electron chi connectivity index (χ0n) is 16.9. The van der Waals surface area contributed by atoms with Gasteiger partial charge in [0.05, 0.1) is 6.26 Å². The molecule has 1 N–H and O–H groups in total. The zero-order valence-corrected chi connectivity index (χ0v) is 16.9. The summed E-state index contributed by atoms with van der Waals surface area (Å²) in [6, 6.07) is 10.9. The first kappa shape index (κ1) is 18.5. The number of hydrogen-bond donors (Lipinski definition) is 1. The van der Waals surface area contributed by atoms with Crippen molar-refractivity contribution in [2.75, 3.05) is 13.1 Å². The van der Waals surface area contributed by atoms with Crippen molar-refractivity contribution >= 4 is 11.8 Å². The van der Waals surface area contributed by atoms with E-state index in [1.54, 1.807) is 6.26 Å². The molecule has 1 aromatic carbocycles. The van der Waals surface area contributed by atoms with E-state index >= 15 is 0 Å². The Bertz CT molecular complexity index is 935. The molecule has 1 aromatic heterocycles. The molecule has 152 valence electrons. The van der Waals surface area contributed by atoms with Crippen LogP contribution in [0.3, 0.4) is 0 Å². The number of nitrogens with zero attached hydrogens (tertiary/aromatic N) is 1. The normalized spacial score (nSPS) is 22.5. The topological polar surface area (TPSA) is 62.6 Å². The molecule has 2 fully saturated rings. The summed E-state index contributed by atoms with van der Waals surface area (Å²) in [4.78, 5) is 27.2. The fraction of sp³-hybridized carbons (Fsp3) is 0.500. The number of aryl methyl sites for hydroxylation is 1. The van der Waals surface area contributed by atoms with Crippen molar-refractivity contribution in [1.29, 1.82) is 0 Å². The number of piperidine rings is 1. The van der Waals surface area contributed by atoms with Gasteiger partial charge < -0.3 is 14.6 Å². The molecule has 29 heavy (non-hydrogen) atoms. The average Bonchev–Trinajstić information content (AvgIpc) is 3.36. The van der Waals surface area contributed by atoms with E-state index in [0.29, 0.717) is 18.2 Å². The molecule has 1 atom stereocenters. The number of hydrogen-bond acceptors (Lipinski definition) is 3. The van der Waals surface area contributed by atoms with Gasteiger partial charge in [-0.25, -0.2) is 0 Å². The third kappa shape index (κ3) is 3.37. The lowest BCUT2D eigenvalue weighted by atomic mass is 9.73. The maximum absolute atomic E-state index is 12.8. The van der Waals surface area contributed by atoms with Crippen molar-refractivity contribution in [2.45, 2.75) is 62.8 Å². The molecule has 5 rings (SSSR count). The van der Waals surface area contributed by atoms with Crippen LogP contribution in [0.1, 0.15) is 71.7 Å². The second-order valence-corrected chi connectivity index (χ2v) is 9.04. The molecule has 0 radical (unpaired) electrons.